The lowest BCUT2D eigenvalue weighted by molar-refractivity contribution is 0.697. The summed E-state index contributed by atoms with van der Waals surface area (Å²) in [6.07, 6.45) is 0. The molecule has 0 unspecified atom stereocenters. The van der Waals surface area contributed by atoms with Gasteiger partial charge in [-0.25, -0.2) is 4.98 Å². The molecule has 1 aromatic heterocycles. The largest absolute Gasteiger partial charge is 0.424 e. The molecule has 0 spiro atoms. The number of rotatable bonds is 1. The Morgan fingerprint density at radius 1 is 1.36 bits per heavy atom. The van der Waals surface area contributed by atoms with Crippen LogP contribution in [0.1, 0.15) is 0 Å². The second-order valence-corrected chi connectivity index (χ2v) is 4.48. The van der Waals surface area contributed by atoms with E-state index in [2.05, 4.69) is 52.8 Å². The Morgan fingerprint density at radius 3 is 2.45 bits per heavy atom. The Kier molecular flexibility index (Phi) is 4.06. The maximum atomic E-state index is 5.02. The van der Waals surface area contributed by atoms with E-state index in [1.165, 1.54) is 0 Å². The van der Waals surface area contributed by atoms with E-state index in [0.29, 0.717) is 10.4 Å². The molecule has 1 rings (SSSR count). The summed E-state index contributed by atoms with van der Waals surface area (Å²) in [5, 5.41) is 0. The maximum Gasteiger partial charge on any atom is 0.192 e. The number of nitrogens with zero attached hydrogens (tertiary/aromatic N) is 1. The van der Waals surface area contributed by atoms with E-state index in [-0.39, 0.29) is 0 Å². The predicted octanol–water partition coefficient (Wildman–Crippen LogP) is 4.10. The molecule has 0 saturated heterocycles. The van der Waals surface area contributed by atoms with Crippen molar-refractivity contribution in [3.63, 3.8) is 0 Å². The van der Waals surface area contributed by atoms with E-state index in [9.17, 15) is 0 Å². The maximum absolute atomic E-state index is 5.02. The fourth-order valence-electron chi connectivity index (χ4n) is 0.514. The van der Waals surface area contributed by atoms with Gasteiger partial charge in [-0.3, -0.25) is 0 Å². The average Bonchev–Trinajstić information content (AvgIpc) is 1.85. The molecule has 0 aliphatic rings. The first-order chi connectivity index (χ1) is 5.15. The van der Waals surface area contributed by atoms with Crippen molar-refractivity contribution in [3.8, 4) is 5.75 Å². The molecular formula is C5HBr3INO. The quantitative estimate of drug-likeness (QED) is 0.468. The Labute approximate surface area is 103 Å². The Bertz CT molecular complexity index is 257. The number of halogens is 4. The minimum atomic E-state index is 0.674. The predicted molar refractivity (Wildman–Crippen MR) is 62.0 cm³/mol. The van der Waals surface area contributed by atoms with Crippen LogP contribution >= 0.6 is 70.8 Å². The molecule has 0 aromatic carbocycles. The zero-order valence-electron chi connectivity index (χ0n) is 4.94. The number of pyridine rings is 1. The molecule has 1 aromatic rings. The summed E-state index contributed by atoms with van der Waals surface area (Å²) in [4.78, 5) is 4.08. The number of hydrogen-bond acceptors (Lipinski definition) is 2. The van der Waals surface area contributed by atoms with Gasteiger partial charge in [0, 0.05) is 0 Å². The van der Waals surface area contributed by atoms with Crippen LogP contribution in [0.2, 0.25) is 0 Å². The second kappa shape index (κ2) is 4.38. The van der Waals surface area contributed by atoms with Gasteiger partial charge in [0.05, 0.1) is 4.47 Å². The highest BCUT2D eigenvalue weighted by Crippen LogP contribution is 2.34. The molecule has 0 aliphatic heterocycles. The lowest BCUT2D eigenvalue weighted by Gasteiger charge is -2.02. The summed E-state index contributed by atoms with van der Waals surface area (Å²) in [6.45, 7) is 0. The van der Waals surface area contributed by atoms with Gasteiger partial charge in [0.2, 0.25) is 0 Å². The summed E-state index contributed by atoms with van der Waals surface area (Å²) in [5.41, 5.74) is 0. The topological polar surface area (TPSA) is 22.1 Å². The average molecular weight is 458 g/mol. The van der Waals surface area contributed by atoms with Crippen molar-refractivity contribution in [3.05, 3.63) is 19.7 Å². The highest BCUT2D eigenvalue weighted by molar-refractivity contribution is 14.1. The molecule has 1 heterocycles. The van der Waals surface area contributed by atoms with Crippen molar-refractivity contribution in [1.29, 1.82) is 0 Å². The molecule has 0 atom stereocenters. The molecule has 11 heavy (non-hydrogen) atoms. The molecule has 0 amide bonds. The van der Waals surface area contributed by atoms with Crippen LogP contribution in [0.3, 0.4) is 0 Å². The Balaban J connectivity index is 3.25. The second-order valence-electron chi connectivity index (χ2n) is 1.62. The van der Waals surface area contributed by atoms with Crippen LogP contribution in [0.15, 0.2) is 19.7 Å². The van der Waals surface area contributed by atoms with Crippen LogP contribution in [0, 0.1) is 0 Å². The van der Waals surface area contributed by atoms with E-state index in [0.717, 1.165) is 9.08 Å². The third-order valence-electron chi connectivity index (χ3n) is 0.932. The monoisotopic (exact) mass is 455 g/mol. The van der Waals surface area contributed by atoms with Crippen LogP contribution in [0.4, 0.5) is 0 Å². The standard InChI is InChI=1S/C5HBr3INO/c6-2-1-3(7)10-5(8)4(2)11-9/h1H. The third-order valence-corrected chi connectivity index (χ3v) is 2.91. The number of hydrogen-bond donors (Lipinski definition) is 0. The van der Waals surface area contributed by atoms with Crippen LogP contribution < -0.4 is 3.07 Å². The van der Waals surface area contributed by atoms with Gasteiger partial charge in [0.15, 0.2) is 33.4 Å². The van der Waals surface area contributed by atoms with E-state index in [4.69, 9.17) is 3.07 Å². The summed E-state index contributed by atoms with van der Waals surface area (Å²) in [6, 6.07) is 1.82. The highest BCUT2D eigenvalue weighted by Gasteiger charge is 2.08. The van der Waals surface area contributed by atoms with Crippen molar-refractivity contribution in [2.75, 3.05) is 0 Å². The summed E-state index contributed by atoms with van der Waals surface area (Å²) in [5.74, 6) is 0.689. The zero-order valence-corrected chi connectivity index (χ0v) is 11.9. The summed E-state index contributed by atoms with van der Waals surface area (Å²) in [7, 11) is 0. The molecule has 0 fully saturated rings. The fraction of sp³-hybridized carbons (Fsp3) is 0. The van der Waals surface area contributed by atoms with E-state index < -0.39 is 0 Å². The van der Waals surface area contributed by atoms with Gasteiger partial charge in [-0.15, -0.1) is 0 Å². The SMILES string of the molecule is Brc1cc(Br)c(OI)c(Br)n1. The van der Waals surface area contributed by atoms with Crippen molar-refractivity contribution in [2.24, 2.45) is 0 Å². The lowest BCUT2D eigenvalue weighted by atomic mass is 10.5. The molecule has 6 heteroatoms. The summed E-state index contributed by atoms with van der Waals surface area (Å²) < 4.78 is 7.32. The third kappa shape index (κ3) is 2.53. The lowest BCUT2D eigenvalue weighted by Crippen LogP contribution is -1.84. The van der Waals surface area contributed by atoms with Crippen molar-refractivity contribution in [2.45, 2.75) is 0 Å². The van der Waals surface area contributed by atoms with E-state index >= 15 is 0 Å². The van der Waals surface area contributed by atoms with Gasteiger partial charge in [-0.05, 0) is 53.9 Å². The smallest absolute Gasteiger partial charge is 0.192 e. The molecule has 0 bridgehead atoms. The Hall–Kier alpha value is 1.12. The minimum Gasteiger partial charge on any atom is -0.424 e. The van der Waals surface area contributed by atoms with Crippen LogP contribution in [-0.4, -0.2) is 4.98 Å². The molecular weight excluding hydrogens is 457 g/mol. The number of aromatic nitrogens is 1. The molecule has 0 N–H and O–H groups in total. The molecule has 0 radical (unpaired) electrons. The van der Waals surface area contributed by atoms with Gasteiger partial charge >= 0.3 is 0 Å². The normalized spacial score (nSPS) is 9.82. The van der Waals surface area contributed by atoms with E-state index in [1.54, 1.807) is 23.0 Å². The molecule has 0 saturated carbocycles. The van der Waals surface area contributed by atoms with E-state index in [1.807, 2.05) is 6.07 Å². The first-order valence-electron chi connectivity index (χ1n) is 2.45. The molecule has 60 valence electrons. The van der Waals surface area contributed by atoms with Gasteiger partial charge < -0.3 is 3.07 Å². The Morgan fingerprint density at radius 2 is 2.00 bits per heavy atom. The zero-order chi connectivity index (χ0) is 8.43. The van der Waals surface area contributed by atoms with Crippen molar-refractivity contribution in [1.82, 2.24) is 4.98 Å². The summed E-state index contributed by atoms with van der Waals surface area (Å²) >= 11 is 11.6. The minimum absolute atomic E-state index is 0.674. The first kappa shape index (κ1) is 10.2. The highest BCUT2D eigenvalue weighted by atomic mass is 127. The first-order valence-corrected chi connectivity index (χ1v) is 5.71. The molecule has 2 nitrogen and oxygen atoms in total. The fourth-order valence-corrected chi connectivity index (χ4v) is 3.75. The van der Waals surface area contributed by atoms with Gasteiger partial charge in [0.25, 0.3) is 0 Å². The van der Waals surface area contributed by atoms with Crippen LogP contribution in [0.5, 0.6) is 5.75 Å². The van der Waals surface area contributed by atoms with Crippen molar-refractivity contribution < 1.29 is 3.07 Å². The van der Waals surface area contributed by atoms with Crippen molar-refractivity contribution >= 4 is 70.8 Å². The molecule has 0 aliphatic carbocycles. The van der Waals surface area contributed by atoms with Crippen LogP contribution in [-0.2, 0) is 0 Å². The van der Waals surface area contributed by atoms with Crippen LogP contribution in [0.25, 0.3) is 0 Å². The van der Waals surface area contributed by atoms with Gasteiger partial charge in [-0.1, -0.05) is 0 Å². The van der Waals surface area contributed by atoms with Gasteiger partial charge in [0.1, 0.15) is 4.60 Å². The van der Waals surface area contributed by atoms with Gasteiger partial charge in [-0.2, -0.15) is 0 Å².